The van der Waals surface area contributed by atoms with Gasteiger partial charge in [0.15, 0.2) is 11.6 Å². The Balaban J connectivity index is 2.40. The Bertz CT molecular complexity index is 704. The van der Waals surface area contributed by atoms with Crippen LogP contribution in [0.1, 0.15) is 16.7 Å². The number of nitro benzene ring substituents is 1. The van der Waals surface area contributed by atoms with Crippen LogP contribution in [0.2, 0.25) is 0 Å². The Morgan fingerprint density at radius 3 is 2.52 bits per heavy atom. The number of ether oxygens (including phenoxy) is 1. The molecule has 0 bridgehead atoms. The summed E-state index contributed by atoms with van der Waals surface area (Å²) in [6, 6.07) is 7.58. The summed E-state index contributed by atoms with van der Waals surface area (Å²) in [7, 11) is 0. The molecular weight excluding hydrogens is 297 g/mol. The minimum atomic E-state index is -0.775. The van der Waals surface area contributed by atoms with Gasteiger partial charge in [0.25, 0.3) is 5.69 Å². The van der Waals surface area contributed by atoms with E-state index in [9.17, 15) is 14.5 Å². The highest BCUT2D eigenvalue weighted by atomic mass is 35.5. The molecule has 2 rings (SSSR count). The molecule has 110 valence electrons. The van der Waals surface area contributed by atoms with E-state index in [0.29, 0.717) is 17.2 Å². The largest absolute Gasteiger partial charge is 0.454 e. The summed E-state index contributed by atoms with van der Waals surface area (Å²) in [6.45, 7) is 3.36. The number of nitrogens with zero attached hydrogens (tertiary/aromatic N) is 1. The Morgan fingerprint density at radius 1 is 1.19 bits per heavy atom. The average Bonchev–Trinajstić information content (AvgIpc) is 2.44. The number of alkyl halides is 1. The van der Waals surface area contributed by atoms with Gasteiger partial charge in [-0.05, 0) is 37.1 Å². The second-order valence-corrected chi connectivity index (χ2v) is 4.93. The molecule has 0 fully saturated rings. The van der Waals surface area contributed by atoms with Crippen LogP contribution in [0.5, 0.6) is 11.5 Å². The van der Waals surface area contributed by atoms with Crippen molar-refractivity contribution in [1.82, 2.24) is 0 Å². The summed E-state index contributed by atoms with van der Waals surface area (Å²) >= 11 is 5.76. The van der Waals surface area contributed by atoms with Gasteiger partial charge in [-0.2, -0.15) is 0 Å². The van der Waals surface area contributed by atoms with Crippen LogP contribution in [0.15, 0.2) is 30.3 Å². The number of rotatable bonds is 4. The fourth-order valence-electron chi connectivity index (χ4n) is 1.88. The van der Waals surface area contributed by atoms with Gasteiger partial charge >= 0.3 is 0 Å². The van der Waals surface area contributed by atoms with E-state index in [1.807, 2.05) is 19.1 Å². The lowest BCUT2D eigenvalue weighted by Crippen LogP contribution is -1.97. The molecule has 0 aliphatic rings. The summed E-state index contributed by atoms with van der Waals surface area (Å²) in [5.74, 6) is -0.0329. The number of nitro groups is 1. The number of hydrogen-bond donors (Lipinski definition) is 0. The molecule has 0 saturated heterocycles. The minimum absolute atomic E-state index is 0.0482. The van der Waals surface area contributed by atoms with Gasteiger partial charge in [0, 0.05) is 11.4 Å². The maximum atomic E-state index is 13.9. The molecule has 2 aromatic carbocycles. The number of benzene rings is 2. The van der Waals surface area contributed by atoms with E-state index in [-0.39, 0.29) is 11.4 Å². The van der Waals surface area contributed by atoms with E-state index in [1.165, 1.54) is 13.0 Å². The summed E-state index contributed by atoms with van der Waals surface area (Å²) in [6.07, 6.45) is 0. The van der Waals surface area contributed by atoms with Crippen molar-refractivity contribution >= 4 is 17.3 Å². The normalized spacial score (nSPS) is 10.5. The van der Waals surface area contributed by atoms with Crippen molar-refractivity contribution in [3.05, 3.63) is 63.0 Å². The van der Waals surface area contributed by atoms with Crippen molar-refractivity contribution in [3.8, 4) is 11.5 Å². The fraction of sp³-hybridized carbons (Fsp3) is 0.200. The van der Waals surface area contributed by atoms with Gasteiger partial charge < -0.3 is 4.74 Å². The van der Waals surface area contributed by atoms with Gasteiger partial charge in [0.1, 0.15) is 5.75 Å². The van der Waals surface area contributed by atoms with Crippen LogP contribution in [0, 0.1) is 29.8 Å². The molecular formula is C15H13ClFNO3. The van der Waals surface area contributed by atoms with Crippen LogP contribution < -0.4 is 4.74 Å². The zero-order valence-corrected chi connectivity index (χ0v) is 12.3. The van der Waals surface area contributed by atoms with Crippen molar-refractivity contribution in [2.75, 3.05) is 0 Å². The first kappa shape index (κ1) is 15.3. The molecule has 21 heavy (non-hydrogen) atoms. The van der Waals surface area contributed by atoms with Crippen LogP contribution in [0.25, 0.3) is 0 Å². The van der Waals surface area contributed by atoms with Crippen LogP contribution in [0.3, 0.4) is 0 Å². The van der Waals surface area contributed by atoms with E-state index in [4.69, 9.17) is 16.3 Å². The average molecular weight is 310 g/mol. The van der Waals surface area contributed by atoms with Crippen molar-refractivity contribution in [2.24, 2.45) is 0 Å². The minimum Gasteiger partial charge on any atom is -0.454 e. The zero-order valence-electron chi connectivity index (χ0n) is 11.5. The first-order valence-corrected chi connectivity index (χ1v) is 6.73. The third kappa shape index (κ3) is 3.31. The van der Waals surface area contributed by atoms with Gasteiger partial charge in [0.05, 0.1) is 11.0 Å². The standard InChI is InChI=1S/C15H13ClFNO3/c1-9-3-4-11(8-16)6-14(9)21-15-5-10(2)13(18(19)20)7-12(15)17/h3-7H,8H2,1-2H3. The van der Waals surface area contributed by atoms with E-state index < -0.39 is 10.7 Å². The van der Waals surface area contributed by atoms with Crippen LogP contribution in [0.4, 0.5) is 10.1 Å². The van der Waals surface area contributed by atoms with Crippen molar-refractivity contribution in [3.63, 3.8) is 0 Å². The first-order chi connectivity index (χ1) is 9.92. The molecule has 0 N–H and O–H groups in total. The molecule has 0 amide bonds. The maximum absolute atomic E-state index is 13.9. The number of hydrogen-bond acceptors (Lipinski definition) is 3. The van der Waals surface area contributed by atoms with Crippen LogP contribution in [-0.2, 0) is 5.88 Å². The molecule has 0 aliphatic carbocycles. The predicted molar refractivity (Wildman–Crippen MR) is 78.6 cm³/mol. The van der Waals surface area contributed by atoms with E-state index in [1.54, 1.807) is 6.07 Å². The fourth-order valence-corrected chi connectivity index (χ4v) is 2.04. The number of aryl methyl sites for hydroxylation is 2. The third-order valence-electron chi connectivity index (χ3n) is 3.07. The summed E-state index contributed by atoms with van der Waals surface area (Å²) in [5, 5.41) is 10.8. The second-order valence-electron chi connectivity index (χ2n) is 4.66. The van der Waals surface area contributed by atoms with E-state index >= 15 is 0 Å². The van der Waals surface area contributed by atoms with Gasteiger partial charge in [-0.15, -0.1) is 11.6 Å². The maximum Gasteiger partial charge on any atom is 0.275 e. The Labute approximate surface area is 126 Å². The molecule has 2 aromatic rings. The monoisotopic (exact) mass is 309 g/mol. The Hall–Kier alpha value is -2.14. The van der Waals surface area contributed by atoms with E-state index in [0.717, 1.165) is 17.2 Å². The molecule has 0 saturated carbocycles. The van der Waals surface area contributed by atoms with Crippen LogP contribution in [-0.4, -0.2) is 4.92 Å². The van der Waals surface area contributed by atoms with Crippen molar-refractivity contribution < 1.29 is 14.1 Å². The van der Waals surface area contributed by atoms with Gasteiger partial charge in [-0.3, -0.25) is 10.1 Å². The summed E-state index contributed by atoms with van der Waals surface area (Å²) < 4.78 is 19.5. The molecule has 0 heterocycles. The lowest BCUT2D eigenvalue weighted by molar-refractivity contribution is -0.385. The van der Waals surface area contributed by atoms with Gasteiger partial charge in [0.2, 0.25) is 0 Å². The highest BCUT2D eigenvalue weighted by Gasteiger charge is 2.17. The predicted octanol–water partition coefficient (Wildman–Crippen LogP) is 4.88. The molecule has 0 aliphatic heterocycles. The lowest BCUT2D eigenvalue weighted by Gasteiger charge is -2.11. The molecule has 0 aromatic heterocycles. The Morgan fingerprint density at radius 2 is 1.90 bits per heavy atom. The zero-order chi connectivity index (χ0) is 15.6. The summed E-state index contributed by atoms with van der Waals surface area (Å²) in [4.78, 5) is 10.1. The number of halogens is 2. The molecule has 0 spiro atoms. The van der Waals surface area contributed by atoms with Gasteiger partial charge in [-0.25, -0.2) is 4.39 Å². The third-order valence-corrected chi connectivity index (χ3v) is 3.38. The van der Waals surface area contributed by atoms with Crippen molar-refractivity contribution in [2.45, 2.75) is 19.7 Å². The Kier molecular flexibility index (Phi) is 4.43. The molecule has 4 nitrogen and oxygen atoms in total. The topological polar surface area (TPSA) is 52.4 Å². The second kappa shape index (κ2) is 6.10. The lowest BCUT2D eigenvalue weighted by atomic mass is 10.1. The smallest absolute Gasteiger partial charge is 0.275 e. The SMILES string of the molecule is Cc1ccc(CCl)cc1Oc1cc(C)c([N+](=O)[O-])cc1F. The molecule has 0 atom stereocenters. The molecule has 0 unspecified atom stereocenters. The molecule has 6 heteroatoms. The quantitative estimate of drug-likeness (QED) is 0.459. The molecule has 0 radical (unpaired) electrons. The van der Waals surface area contributed by atoms with E-state index in [2.05, 4.69) is 0 Å². The first-order valence-electron chi connectivity index (χ1n) is 6.20. The highest BCUT2D eigenvalue weighted by Crippen LogP contribution is 2.32. The van der Waals surface area contributed by atoms with Crippen molar-refractivity contribution in [1.29, 1.82) is 0 Å². The summed E-state index contributed by atoms with van der Waals surface area (Å²) in [5.41, 5.74) is 1.73. The highest BCUT2D eigenvalue weighted by molar-refractivity contribution is 6.17. The van der Waals surface area contributed by atoms with Crippen LogP contribution >= 0.6 is 11.6 Å². The van der Waals surface area contributed by atoms with Gasteiger partial charge in [-0.1, -0.05) is 12.1 Å².